The van der Waals surface area contributed by atoms with Crippen LogP contribution in [0.1, 0.15) is 16.7 Å². The minimum atomic E-state index is -0.247. The molecule has 2 rings (SSSR count). The van der Waals surface area contributed by atoms with E-state index < -0.39 is 0 Å². The molecule has 0 atom stereocenters. The van der Waals surface area contributed by atoms with Gasteiger partial charge in [0.25, 0.3) is 0 Å². The van der Waals surface area contributed by atoms with Crippen LogP contribution in [-0.2, 0) is 0 Å². The van der Waals surface area contributed by atoms with Gasteiger partial charge in [-0.25, -0.2) is 4.39 Å². The number of halogens is 1. The van der Waals surface area contributed by atoms with E-state index in [1.165, 1.54) is 12.1 Å². The SMILES string of the molecule is Cc1ccc(F)cc1C#Cc1ccccc1. The molecule has 0 nitrogen and oxygen atoms in total. The lowest BCUT2D eigenvalue weighted by molar-refractivity contribution is 0.627. The Morgan fingerprint density at radius 2 is 1.69 bits per heavy atom. The minimum absolute atomic E-state index is 0.247. The standard InChI is InChI=1S/C15H11F/c1-12-7-10-15(16)11-14(12)9-8-13-5-3-2-4-6-13/h2-7,10-11H,1H3. The van der Waals surface area contributed by atoms with Gasteiger partial charge < -0.3 is 0 Å². The van der Waals surface area contributed by atoms with Gasteiger partial charge in [-0.3, -0.25) is 0 Å². The fraction of sp³-hybridized carbons (Fsp3) is 0.0667. The molecule has 0 radical (unpaired) electrons. The lowest BCUT2D eigenvalue weighted by atomic mass is 10.1. The van der Waals surface area contributed by atoms with Crippen LogP contribution in [0.15, 0.2) is 48.5 Å². The predicted octanol–water partition coefficient (Wildman–Crippen LogP) is 3.53. The monoisotopic (exact) mass is 210 g/mol. The normalized spacial score (nSPS) is 9.38. The summed E-state index contributed by atoms with van der Waals surface area (Å²) in [6, 6.07) is 14.3. The predicted molar refractivity (Wildman–Crippen MR) is 63.6 cm³/mol. The number of hydrogen-bond donors (Lipinski definition) is 0. The molecule has 2 aromatic rings. The first-order valence-electron chi connectivity index (χ1n) is 5.09. The van der Waals surface area contributed by atoms with Crippen molar-refractivity contribution in [2.24, 2.45) is 0 Å². The minimum Gasteiger partial charge on any atom is -0.207 e. The van der Waals surface area contributed by atoms with Crippen molar-refractivity contribution in [3.8, 4) is 11.8 Å². The molecule has 0 amide bonds. The summed E-state index contributed by atoms with van der Waals surface area (Å²) in [6.45, 7) is 1.93. The van der Waals surface area contributed by atoms with E-state index in [1.54, 1.807) is 6.07 Å². The van der Waals surface area contributed by atoms with Gasteiger partial charge in [0.15, 0.2) is 0 Å². The second-order valence-corrected chi connectivity index (χ2v) is 3.58. The number of aryl methyl sites for hydroxylation is 1. The number of benzene rings is 2. The van der Waals surface area contributed by atoms with Gasteiger partial charge in [0, 0.05) is 11.1 Å². The van der Waals surface area contributed by atoms with Crippen molar-refractivity contribution in [1.82, 2.24) is 0 Å². The molecule has 0 aromatic heterocycles. The fourth-order valence-corrected chi connectivity index (χ4v) is 1.39. The Morgan fingerprint density at radius 3 is 2.44 bits per heavy atom. The van der Waals surface area contributed by atoms with E-state index in [4.69, 9.17) is 0 Å². The Kier molecular flexibility index (Phi) is 3.03. The van der Waals surface area contributed by atoms with Crippen molar-refractivity contribution >= 4 is 0 Å². The summed E-state index contributed by atoms with van der Waals surface area (Å²) in [5, 5.41) is 0. The quantitative estimate of drug-likeness (QED) is 0.583. The molecule has 0 N–H and O–H groups in total. The van der Waals surface area contributed by atoms with Gasteiger partial charge in [-0.1, -0.05) is 36.1 Å². The average molecular weight is 210 g/mol. The summed E-state index contributed by atoms with van der Waals surface area (Å²) in [7, 11) is 0. The van der Waals surface area contributed by atoms with Crippen molar-refractivity contribution in [2.45, 2.75) is 6.92 Å². The number of rotatable bonds is 0. The summed E-state index contributed by atoms with van der Waals surface area (Å²) in [5.74, 6) is 5.75. The zero-order chi connectivity index (χ0) is 11.4. The van der Waals surface area contributed by atoms with Crippen molar-refractivity contribution in [3.05, 3.63) is 71.0 Å². The van der Waals surface area contributed by atoms with Gasteiger partial charge in [0.2, 0.25) is 0 Å². The molecule has 16 heavy (non-hydrogen) atoms. The molecular formula is C15H11F. The topological polar surface area (TPSA) is 0 Å². The van der Waals surface area contributed by atoms with Gasteiger partial charge >= 0.3 is 0 Å². The Morgan fingerprint density at radius 1 is 0.938 bits per heavy atom. The molecule has 1 heteroatoms. The highest BCUT2D eigenvalue weighted by molar-refractivity contribution is 5.46. The second-order valence-electron chi connectivity index (χ2n) is 3.58. The molecule has 0 aliphatic carbocycles. The summed E-state index contributed by atoms with van der Waals surface area (Å²) < 4.78 is 13.0. The van der Waals surface area contributed by atoms with Crippen LogP contribution in [0.5, 0.6) is 0 Å². The van der Waals surface area contributed by atoms with Crippen LogP contribution < -0.4 is 0 Å². The van der Waals surface area contributed by atoms with E-state index in [-0.39, 0.29) is 5.82 Å². The first-order valence-corrected chi connectivity index (χ1v) is 5.09. The fourth-order valence-electron chi connectivity index (χ4n) is 1.39. The van der Waals surface area contributed by atoms with Gasteiger partial charge in [-0.15, -0.1) is 0 Å². The first-order chi connectivity index (χ1) is 7.75. The lowest BCUT2D eigenvalue weighted by Crippen LogP contribution is -1.84. The smallest absolute Gasteiger partial charge is 0.124 e. The molecule has 0 aliphatic heterocycles. The van der Waals surface area contributed by atoms with Crippen molar-refractivity contribution < 1.29 is 4.39 Å². The first kappa shape index (κ1) is 10.4. The molecule has 2 aromatic carbocycles. The van der Waals surface area contributed by atoms with Crippen molar-refractivity contribution in [3.63, 3.8) is 0 Å². The molecule has 0 bridgehead atoms. The maximum Gasteiger partial charge on any atom is 0.124 e. The average Bonchev–Trinajstić information content (AvgIpc) is 2.32. The molecule has 0 spiro atoms. The molecule has 0 heterocycles. The molecule has 0 aliphatic rings. The highest BCUT2D eigenvalue weighted by atomic mass is 19.1. The Bertz CT molecular complexity index is 545. The number of hydrogen-bond acceptors (Lipinski definition) is 0. The van der Waals surface area contributed by atoms with Crippen LogP contribution in [0.3, 0.4) is 0 Å². The van der Waals surface area contributed by atoms with Crippen LogP contribution in [0.2, 0.25) is 0 Å². The zero-order valence-corrected chi connectivity index (χ0v) is 9.00. The Hall–Kier alpha value is -2.07. The highest BCUT2D eigenvalue weighted by Crippen LogP contribution is 2.08. The van der Waals surface area contributed by atoms with Gasteiger partial charge in [0.05, 0.1) is 0 Å². The van der Waals surface area contributed by atoms with E-state index in [0.29, 0.717) is 0 Å². The summed E-state index contributed by atoms with van der Waals surface area (Å²) in [6.07, 6.45) is 0. The van der Waals surface area contributed by atoms with Gasteiger partial charge in [0.1, 0.15) is 5.82 Å². The third-order valence-corrected chi connectivity index (χ3v) is 2.31. The van der Waals surface area contributed by atoms with Crippen LogP contribution in [-0.4, -0.2) is 0 Å². The summed E-state index contributed by atoms with van der Waals surface area (Å²) >= 11 is 0. The lowest BCUT2D eigenvalue weighted by Gasteiger charge is -1.96. The summed E-state index contributed by atoms with van der Waals surface area (Å²) in [4.78, 5) is 0. The largest absolute Gasteiger partial charge is 0.207 e. The van der Waals surface area contributed by atoms with Gasteiger partial charge in [-0.2, -0.15) is 0 Å². The van der Waals surface area contributed by atoms with Crippen molar-refractivity contribution in [2.75, 3.05) is 0 Å². The van der Waals surface area contributed by atoms with E-state index in [1.807, 2.05) is 37.3 Å². The molecular weight excluding hydrogens is 199 g/mol. The Labute approximate surface area is 94.7 Å². The molecule has 0 fully saturated rings. The van der Waals surface area contributed by atoms with Crippen LogP contribution in [0, 0.1) is 24.6 Å². The molecule has 0 unspecified atom stereocenters. The molecule has 78 valence electrons. The highest BCUT2D eigenvalue weighted by Gasteiger charge is 1.96. The third-order valence-electron chi connectivity index (χ3n) is 2.31. The van der Waals surface area contributed by atoms with Crippen LogP contribution in [0.4, 0.5) is 4.39 Å². The maximum atomic E-state index is 13.0. The van der Waals surface area contributed by atoms with E-state index in [9.17, 15) is 4.39 Å². The van der Waals surface area contributed by atoms with E-state index in [2.05, 4.69) is 11.8 Å². The van der Waals surface area contributed by atoms with Gasteiger partial charge in [-0.05, 0) is 36.8 Å². The van der Waals surface area contributed by atoms with E-state index >= 15 is 0 Å². The Balaban J connectivity index is 2.34. The zero-order valence-electron chi connectivity index (χ0n) is 9.00. The van der Waals surface area contributed by atoms with Crippen LogP contribution >= 0.6 is 0 Å². The van der Waals surface area contributed by atoms with E-state index in [0.717, 1.165) is 16.7 Å². The molecule has 0 saturated heterocycles. The summed E-state index contributed by atoms with van der Waals surface area (Å²) in [5.41, 5.74) is 2.67. The second kappa shape index (κ2) is 4.63. The molecule has 0 saturated carbocycles. The third kappa shape index (κ3) is 2.49. The van der Waals surface area contributed by atoms with Crippen LogP contribution in [0.25, 0.3) is 0 Å². The maximum absolute atomic E-state index is 13.0. The van der Waals surface area contributed by atoms with Crippen molar-refractivity contribution in [1.29, 1.82) is 0 Å².